The Balaban J connectivity index is 0.00000300. The number of carbonyl (C=O) groups excluding carboxylic acids is 1. The van der Waals surface area contributed by atoms with Crippen molar-refractivity contribution in [2.75, 3.05) is 51.2 Å². The Labute approximate surface area is 191 Å². The molecule has 1 saturated carbocycles. The molecule has 2 fully saturated rings. The van der Waals surface area contributed by atoms with E-state index in [0.29, 0.717) is 31.2 Å². The van der Waals surface area contributed by atoms with Gasteiger partial charge in [-0.1, -0.05) is 25.0 Å². The number of nitrogens with one attached hydrogen (secondary N) is 2. The van der Waals surface area contributed by atoms with E-state index in [-0.39, 0.29) is 29.9 Å². The number of aromatic hydroxyl groups is 1. The molecule has 0 atom stereocenters. The van der Waals surface area contributed by atoms with E-state index in [4.69, 9.17) is 0 Å². The second-order valence-electron chi connectivity index (χ2n) is 7.64. The third kappa shape index (κ3) is 6.94. The van der Waals surface area contributed by atoms with Crippen molar-refractivity contribution in [3.05, 3.63) is 24.3 Å². The number of para-hydroxylation sites is 2. The second kappa shape index (κ2) is 12.1. The Hall–Kier alpha value is -1.71. The monoisotopic (exact) mass is 515 g/mol. The number of rotatable bonds is 6. The summed E-state index contributed by atoms with van der Waals surface area (Å²) < 4.78 is 0. The maximum Gasteiger partial charge on any atom is 0.220 e. The molecule has 1 aromatic rings. The van der Waals surface area contributed by atoms with E-state index in [2.05, 4.69) is 25.4 Å². The van der Waals surface area contributed by atoms with E-state index in [1.165, 1.54) is 25.7 Å². The zero-order valence-corrected chi connectivity index (χ0v) is 19.6. The molecule has 162 valence electrons. The lowest BCUT2D eigenvalue weighted by Crippen LogP contribution is -2.53. The van der Waals surface area contributed by atoms with E-state index < -0.39 is 0 Å². The first-order valence-corrected chi connectivity index (χ1v) is 10.4. The van der Waals surface area contributed by atoms with Gasteiger partial charge in [0, 0.05) is 52.7 Å². The van der Waals surface area contributed by atoms with E-state index >= 15 is 0 Å². The number of halogens is 1. The zero-order valence-electron chi connectivity index (χ0n) is 17.3. The highest BCUT2D eigenvalue weighted by Crippen LogP contribution is 2.28. The largest absolute Gasteiger partial charge is 0.506 e. The summed E-state index contributed by atoms with van der Waals surface area (Å²) in [6, 6.07) is 7.46. The lowest BCUT2D eigenvalue weighted by Gasteiger charge is -2.37. The normalized spacial score (nSPS) is 17.8. The summed E-state index contributed by atoms with van der Waals surface area (Å²) in [5, 5.41) is 16.4. The van der Waals surface area contributed by atoms with Crippen LogP contribution in [0.15, 0.2) is 29.3 Å². The van der Waals surface area contributed by atoms with Crippen molar-refractivity contribution in [3.8, 4) is 5.75 Å². The van der Waals surface area contributed by atoms with Crippen LogP contribution in [0.1, 0.15) is 32.1 Å². The van der Waals surface area contributed by atoms with Gasteiger partial charge in [0.15, 0.2) is 5.96 Å². The first-order chi connectivity index (χ1) is 13.7. The summed E-state index contributed by atoms with van der Waals surface area (Å²) in [7, 11) is 1.79. The average Bonchev–Trinajstić information content (AvgIpc) is 3.22. The molecule has 7 nitrogen and oxygen atoms in total. The average molecular weight is 515 g/mol. The lowest BCUT2D eigenvalue weighted by molar-refractivity contribution is -0.121. The molecule has 2 aliphatic rings. The number of aliphatic imine (C=N–C) groups is 1. The van der Waals surface area contributed by atoms with Crippen LogP contribution in [-0.4, -0.2) is 68.2 Å². The molecule has 1 saturated heterocycles. The van der Waals surface area contributed by atoms with Crippen molar-refractivity contribution < 1.29 is 9.90 Å². The number of guanidine groups is 1. The van der Waals surface area contributed by atoms with Crippen LogP contribution in [-0.2, 0) is 4.79 Å². The van der Waals surface area contributed by atoms with Crippen LogP contribution in [0.3, 0.4) is 0 Å². The maximum absolute atomic E-state index is 12.0. The third-order valence-electron chi connectivity index (χ3n) is 5.69. The molecule has 0 bridgehead atoms. The summed E-state index contributed by atoms with van der Waals surface area (Å²) in [6.45, 7) is 4.61. The molecule has 8 heteroatoms. The minimum Gasteiger partial charge on any atom is -0.506 e. The first-order valence-electron chi connectivity index (χ1n) is 10.4. The van der Waals surface area contributed by atoms with Crippen LogP contribution in [0.4, 0.5) is 5.69 Å². The molecule has 29 heavy (non-hydrogen) atoms. The van der Waals surface area contributed by atoms with Gasteiger partial charge in [-0.3, -0.25) is 9.79 Å². The minimum absolute atomic E-state index is 0. The number of phenolic OH excluding ortho intramolecular Hbond substituents is 1. The zero-order chi connectivity index (χ0) is 19.8. The lowest BCUT2D eigenvalue weighted by atomic mass is 10.0. The maximum atomic E-state index is 12.0. The number of amides is 1. The smallest absolute Gasteiger partial charge is 0.220 e. The fourth-order valence-electron chi connectivity index (χ4n) is 4.15. The Kier molecular flexibility index (Phi) is 9.83. The molecule has 0 unspecified atom stereocenters. The van der Waals surface area contributed by atoms with E-state index in [1.807, 2.05) is 18.2 Å². The molecule has 1 amide bonds. The van der Waals surface area contributed by atoms with Gasteiger partial charge in [-0.2, -0.15) is 0 Å². The fourth-order valence-corrected chi connectivity index (χ4v) is 4.15. The summed E-state index contributed by atoms with van der Waals surface area (Å²) in [5.41, 5.74) is 0.884. The molecule has 3 N–H and O–H groups in total. The van der Waals surface area contributed by atoms with Crippen LogP contribution in [0.25, 0.3) is 0 Å². The standard InChI is InChI=1S/C21H33N5O2.HI/c1-22-21(24-11-10-23-20(28)16-17-6-2-3-7-17)26-14-12-25(13-15-26)18-8-4-5-9-19(18)27;/h4-5,8-9,17,27H,2-3,6-7,10-16H2,1H3,(H,22,24)(H,23,28);1H. The quantitative estimate of drug-likeness (QED) is 0.235. The summed E-state index contributed by atoms with van der Waals surface area (Å²) in [6.07, 6.45) is 5.61. The van der Waals surface area contributed by atoms with E-state index in [1.54, 1.807) is 13.1 Å². The van der Waals surface area contributed by atoms with E-state index in [9.17, 15) is 9.90 Å². The van der Waals surface area contributed by atoms with Gasteiger partial charge >= 0.3 is 0 Å². The minimum atomic E-state index is 0. The number of hydrogen-bond donors (Lipinski definition) is 3. The van der Waals surface area contributed by atoms with Crippen molar-refractivity contribution in [3.63, 3.8) is 0 Å². The SMILES string of the molecule is CN=C(NCCNC(=O)CC1CCCC1)N1CCN(c2ccccc2O)CC1.I. The highest BCUT2D eigenvalue weighted by Gasteiger charge is 2.21. The summed E-state index contributed by atoms with van der Waals surface area (Å²) in [4.78, 5) is 20.8. The van der Waals surface area contributed by atoms with Crippen molar-refractivity contribution in [2.24, 2.45) is 10.9 Å². The van der Waals surface area contributed by atoms with Crippen molar-refractivity contribution >= 4 is 41.5 Å². The van der Waals surface area contributed by atoms with Gasteiger partial charge < -0.3 is 25.5 Å². The molecular formula is C21H34IN5O2. The van der Waals surface area contributed by atoms with E-state index in [0.717, 1.165) is 37.8 Å². The fraction of sp³-hybridized carbons (Fsp3) is 0.619. The van der Waals surface area contributed by atoms with Crippen LogP contribution >= 0.6 is 24.0 Å². The van der Waals surface area contributed by atoms with Gasteiger partial charge in [0.2, 0.25) is 5.91 Å². The number of hydrogen-bond acceptors (Lipinski definition) is 4. The van der Waals surface area contributed by atoms with Gasteiger partial charge in [0.1, 0.15) is 5.75 Å². The van der Waals surface area contributed by atoms with Crippen LogP contribution in [0.5, 0.6) is 5.75 Å². The molecule has 1 heterocycles. The topological polar surface area (TPSA) is 80.2 Å². The molecule has 1 aliphatic carbocycles. The number of nitrogens with zero attached hydrogens (tertiary/aromatic N) is 3. The molecule has 1 aromatic carbocycles. The Morgan fingerprint density at radius 1 is 1.10 bits per heavy atom. The highest BCUT2D eigenvalue weighted by atomic mass is 127. The summed E-state index contributed by atoms with van der Waals surface area (Å²) >= 11 is 0. The molecular weight excluding hydrogens is 481 g/mol. The van der Waals surface area contributed by atoms with Gasteiger partial charge in [0.05, 0.1) is 5.69 Å². The van der Waals surface area contributed by atoms with Crippen molar-refractivity contribution in [1.29, 1.82) is 0 Å². The Bertz CT molecular complexity index is 671. The predicted octanol–water partition coefficient (Wildman–Crippen LogP) is 2.40. The van der Waals surface area contributed by atoms with Crippen LogP contribution in [0.2, 0.25) is 0 Å². The van der Waals surface area contributed by atoms with Crippen molar-refractivity contribution in [1.82, 2.24) is 15.5 Å². The second-order valence-corrected chi connectivity index (χ2v) is 7.64. The number of phenols is 1. The van der Waals surface area contributed by atoms with Gasteiger partial charge in [-0.15, -0.1) is 24.0 Å². The number of piperazine rings is 1. The summed E-state index contributed by atoms with van der Waals surface area (Å²) in [5.74, 6) is 1.94. The highest BCUT2D eigenvalue weighted by molar-refractivity contribution is 14.0. The number of anilines is 1. The number of carbonyl (C=O) groups is 1. The van der Waals surface area contributed by atoms with Gasteiger partial charge in [0.25, 0.3) is 0 Å². The molecule has 3 rings (SSSR count). The van der Waals surface area contributed by atoms with Gasteiger partial charge in [-0.05, 0) is 30.9 Å². The number of benzene rings is 1. The third-order valence-corrected chi connectivity index (χ3v) is 5.69. The molecule has 1 aliphatic heterocycles. The van der Waals surface area contributed by atoms with Gasteiger partial charge in [-0.25, -0.2) is 0 Å². The van der Waals surface area contributed by atoms with Crippen molar-refractivity contribution in [2.45, 2.75) is 32.1 Å². The predicted molar refractivity (Wildman–Crippen MR) is 128 cm³/mol. The molecule has 0 aromatic heterocycles. The van der Waals surface area contributed by atoms with Crippen LogP contribution in [0, 0.1) is 5.92 Å². The molecule has 0 spiro atoms. The first kappa shape index (κ1) is 23.6. The Morgan fingerprint density at radius 2 is 1.76 bits per heavy atom. The molecule has 0 radical (unpaired) electrons. The Morgan fingerprint density at radius 3 is 2.41 bits per heavy atom. The van der Waals surface area contributed by atoms with Crippen LogP contribution < -0.4 is 15.5 Å².